The van der Waals surface area contributed by atoms with Crippen LogP contribution < -0.4 is 4.90 Å². The highest BCUT2D eigenvalue weighted by atomic mass is 16.2. The zero-order valence-electron chi connectivity index (χ0n) is 11.7. The highest BCUT2D eigenvalue weighted by Crippen LogP contribution is 2.26. The summed E-state index contributed by atoms with van der Waals surface area (Å²) in [5, 5.41) is 0. The molecule has 0 bridgehead atoms. The molecule has 104 valence electrons. The summed E-state index contributed by atoms with van der Waals surface area (Å²) in [5.41, 5.74) is 1.76. The first-order chi connectivity index (χ1) is 10.3. The number of para-hydroxylation sites is 2. The predicted molar refractivity (Wildman–Crippen MR) is 82.8 cm³/mol. The van der Waals surface area contributed by atoms with Gasteiger partial charge in [0.1, 0.15) is 0 Å². The van der Waals surface area contributed by atoms with Crippen LogP contribution in [0.25, 0.3) is 5.69 Å². The number of carbonyl (C=O) groups is 1. The van der Waals surface area contributed by atoms with Crippen LogP contribution in [0.4, 0.5) is 11.6 Å². The van der Waals surface area contributed by atoms with Crippen molar-refractivity contribution < 1.29 is 4.79 Å². The molecular weight excluding hydrogens is 262 g/mol. The van der Waals surface area contributed by atoms with Crippen LogP contribution in [0.2, 0.25) is 0 Å². The maximum Gasteiger partial charge on any atom is 0.230 e. The van der Waals surface area contributed by atoms with Gasteiger partial charge in [-0.2, -0.15) is 0 Å². The lowest BCUT2D eigenvalue weighted by Crippen LogP contribution is -2.25. The molecule has 3 rings (SSSR count). The fourth-order valence-electron chi connectivity index (χ4n) is 2.27. The van der Waals surface area contributed by atoms with E-state index >= 15 is 0 Å². The highest BCUT2D eigenvalue weighted by Gasteiger charge is 2.19. The van der Waals surface area contributed by atoms with Gasteiger partial charge in [0.2, 0.25) is 11.9 Å². The van der Waals surface area contributed by atoms with Crippen molar-refractivity contribution in [3.63, 3.8) is 0 Å². The van der Waals surface area contributed by atoms with Crippen molar-refractivity contribution in [3.8, 4) is 5.69 Å². The summed E-state index contributed by atoms with van der Waals surface area (Å²) in [6.45, 7) is 1.54. The van der Waals surface area contributed by atoms with Crippen molar-refractivity contribution in [1.82, 2.24) is 9.55 Å². The van der Waals surface area contributed by atoms with Gasteiger partial charge in [0, 0.05) is 25.0 Å². The molecule has 0 radical (unpaired) electrons. The minimum absolute atomic E-state index is 0.0791. The molecule has 0 aliphatic carbocycles. The van der Waals surface area contributed by atoms with Crippen molar-refractivity contribution in [2.24, 2.45) is 0 Å². The second-order valence-electron chi connectivity index (χ2n) is 4.62. The molecule has 0 saturated carbocycles. The standard InChI is InChI=1S/C17H15N3O/c1-14(21)20(16-10-6-3-7-11-16)17-18-12-13-19(17)15-8-4-2-5-9-15/h2-13H,1H3. The lowest BCUT2D eigenvalue weighted by Gasteiger charge is -2.21. The number of aromatic nitrogens is 2. The molecule has 1 amide bonds. The van der Waals surface area contributed by atoms with Crippen molar-refractivity contribution >= 4 is 17.5 Å². The first kappa shape index (κ1) is 13.1. The summed E-state index contributed by atoms with van der Waals surface area (Å²) in [4.78, 5) is 18.1. The summed E-state index contributed by atoms with van der Waals surface area (Å²) < 4.78 is 1.90. The maximum absolute atomic E-state index is 12.1. The maximum atomic E-state index is 12.1. The van der Waals surface area contributed by atoms with Crippen LogP contribution in [-0.4, -0.2) is 15.5 Å². The molecule has 1 aromatic heterocycles. The van der Waals surface area contributed by atoms with Crippen molar-refractivity contribution in [2.75, 3.05) is 4.90 Å². The van der Waals surface area contributed by atoms with E-state index in [1.165, 1.54) is 6.92 Å². The lowest BCUT2D eigenvalue weighted by molar-refractivity contribution is -0.115. The number of benzene rings is 2. The van der Waals surface area contributed by atoms with Crippen molar-refractivity contribution in [1.29, 1.82) is 0 Å². The first-order valence-corrected chi connectivity index (χ1v) is 6.72. The molecule has 0 fully saturated rings. The fraction of sp³-hybridized carbons (Fsp3) is 0.0588. The van der Waals surface area contributed by atoms with Gasteiger partial charge < -0.3 is 0 Å². The van der Waals surface area contributed by atoms with E-state index in [4.69, 9.17) is 0 Å². The van der Waals surface area contributed by atoms with Crippen LogP contribution in [0.3, 0.4) is 0 Å². The highest BCUT2D eigenvalue weighted by molar-refractivity contribution is 5.97. The Labute approximate surface area is 123 Å². The molecule has 0 N–H and O–H groups in total. The van der Waals surface area contributed by atoms with E-state index in [-0.39, 0.29) is 5.91 Å². The van der Waals surface area contributed by atoms with E-state index in [2.05, 4.69) is 4.98 Å². The van der Waals surface area contributed by atoms with E-state index in [0.717, 1.165) is 11.4 Å². The fourth-order valence-corrected chi connectivity index (χ4v) is 2.27. The number of hydrogen-bond donors (Lipinski definition) is 0. The molecular formula is C17H15N3O. The van der Waals surface area contributed by atoms with Crippen LogP contribution in [0.1, 0.15) is 6.92 Å². The zero-order chi connectivity index (χ0) is 14.7. The second-order valence-corrected chi connectivity index (χ2v) is 4.62. The summed E-state index contributed by atoms with van der Waals surface area (Å²) in [6, 6.07) is 19.4. The molecule has 4 heteroatoms. The Morgan fingerprint density at radius 1 is 1.00 bits per heavy atom. The van der Waals surface area contributed by atoms with Gasteiger partial charge >= 0.3 is 0 Å². The van der Waals surface area contributed by atoms with Gasteiger partial charge in [-0.3, -0.25) is 14.3 Å². The lowest BCUT2D eigenvalue weighted by atomic mass is 10.3. The Hall–Kier alpha value is -2.88. The number of imidazole rings is 1. The Morgan fingerprint density at radius 3 is 2.24 bits per heavy atom. The van der Waals surface area contributed by atoms with Gasteiger partial charge in [-0.15, -0.1) is 0 Å². The minimum atomic E-state index is -0.0791. The number of amides is 1. The molecule has 0 atom stereocenters. The normalized spacial score (nSPS) is 10.3. The minimum Gasteiger partial charge on any atom is -0.285 e. The molecule has 3 aromatic rings. The average Bonchev–Trinajstić information content (AvgIpc) is 2.98. The Bertz CT molecular complexity index is 735. The van der Waals surface area contributed by atoms with E-state index in [0.29, 0.717) is 5.95 Å². The van der Waals surface area contributed by atoms with E-state index in [9.17, 15) is 4.79 Å². The molecule has 0 aliphatic heterocycles. The largest absolute Gasteiger partial charge is 0.285 e. The molecule has 0 unspecified atom stereocenters. The number of nitrogens with zero attached hydrogens (tertiary/aromatic N) is 3. The van der Waals surface area contributed by atoms with Crippen LogP contribution >= 0.6 is 0 Å². The van der Waals surface area contributed by atoms with Crippen molar-refractivity contribution in [3.05, 3.63) is 73.1 Å². The topological polar surface area (TPSA) is 38.1 Å². The number of carbonyl (C=O) groups excluding carboxylic acids is 1. The number of hydrogen-bond acceptors (Lipinski definition) is 2. The molecule has 1 heterocycles. The van der Waals surface area contributed by atoms with Gasteiger partial charge in [-0.25, -0.2) is 4.98 Å². The van der Waals surface area contributed by atoms with Crippen LogP contribution in [-0.2, 0) is 4.79 Å². The second kappa shape index (κ2) is 5.63. The predicted octanol–water partition coefficient (Wildman–Crippen LogP) is 3.56. The van der Waals surface area contributed by atoms with E-state index < -0.39 is 0 Å². The summed E-state index contributed by atoms with van der Waals surface area (Å²) in [6.07, 6.45) is 3.55. The molecule has 21 heavy (non-hydrogen) atoms. The van der Waals surface area contributed by atoms with Crippen LogP contribution in [0, 0.1) is 0 Å². The molecule has 0 spiro atoms. The quantitative estimate of drug-likeness (QED) is 0.734. The van der Waals surface area contributed by atoms with E-state index in [1.54, 1.807) is 11.1 Å². The van der Waals surface area contributed by atoms with E-state index in [1.807, 2.05) is 71.4 Å². The number of anilines is 2. The first-order valence-electron chi connectivity index (χ1n) is 6.72. The molecule has 0 aliphatic rings. The molecule has 0 saturated heterocycles. The third kappa shape index (κ3) is 2.56. The Kier molecular flexibility index (Phi) is 3.51. The van der Waals surface area contributed by atoms with Gasteiger partial charge in [-0.1, -0.05) is 36.4 Å². The van der Waals surface area contributed by atoms with Gasteiger partial charge in [0.15, 0.2) is 0 Å². The van der Waals surface area contributed by atoms with Crippen molar-refractivity contribution in [2.45, 2.75) is 6.92 Å². The molecule has 2 aromatic carbocycles. The van der Waals surface area contributed by atoms with Crippen LogP contribution in [0.5, 0.6) is 0 Å². The number of rotatable bonds is 3. The summed E-state index contributed by atoms with van der Waals surface area (Å²) >= 11 is 0. The summed E-state index contributed by atoms with van der Waals surface area (Å²) in [7, 11) is 0. The third-order valence-corrected chi connectivity index (χ3v) is 3.18. The monoisotopic (exact) mass is 277 g/mol. The smallest absolute Gasteiger partial charge is 0.230 e. The zero-order valence-corrected chi connectivity index (χ0v) is 11.7. The van der Waals surface area contributed by atoms with Crippen LogP contribution in [0.15, 0.2) is 73.1 Å². The Morgan fingerprint density at radius 2 is 1.62 bits per heavy atom. The third-order valence-electron chi connectivity index (χ3n) is 3.18. The van der Waals surface area contributed by atoms with Gasteiger partial charge in [0.05, 0.1) is 5.69 Å². The summed E-state index contributed by atoms with van der Waals surface area (Å²) in [5.74, 6) is 0.504. The van der Waals surface area contributed by atoms with Gasteiger partial charge in [-0.05, 0) is 24.3 Å². The Balaban J connectivity index is 2.11. The average molecular weight is 277 g/mol. The van der Waals surface area contributed by atoms with Gasteiger partial charge in [0.25, 0.3) is 0 Å². The molecule has 4 nitrogen and oxygen atoms in total. The SMILES string of the molecule is CC(=O)N(c1ccccc1)c1nccn1-c1ccccc1.